The molecule has 106 valence electrons. The van der Waals surface area contributed by atoms with Gasteiger partial charge in [-0.1, -0.05) is 25.0 Å². The molecule has 1 fully saturated rings. The first-order chi connectivity index (χ1) is 9.70. The SMILES string of the molecule is COc1cccc(-c2nc(C3CCCC3)n(N)c2N)c1. The highest BCUT2D eigenvalue weighted by Crippen LogP contribution is 2.36. The van der Waals surface area contributed by atoms with Crippen molar-refractivity contribution in [3.63, 3.8) is 0 Å². The Morgan fingerprint density at radius 2 is 2.05 bits per heavy atom. The lowest BCUT2D eigenvalue weighted by atomic mass is 10.1. The van der Waals surface area contributed by atoms with Gasteiger partial charge < -0.3 is 16.3 Å². The topological polar surface area (TPSA) is 79.1 Å². The highest BCUT2D eigenvalue weighted by atomic mass is 16.5. The van der Waals surface area contributed by atoms with Gasteiger partial charge in [0.05, 0.1) is 7.11 Å². The maximum Gasteiger partial charge on any atom is 0.150 e. The van der Waals surface area contributed by atoms with Crippen molar-refractivity contribution >= 4 is 5.82 Å². The molecular formula is C15H20N4O. The lowest BCUT2D eigenvalue weighted by Gasteiger charge is -2.08. The van der Waals surface area contributed by atoms with Crippen LogP contribution in [-0.2, 0) is 0 Å². The normalized spacial score (nSPS) is 15.7. The molecule has 0 atom stereocenters. The van der Waals surface area contributed by atoms with Crippen LogP contribution in [0.1, 0.15) is 37.4 Å². The second kappa shape index (κ2) is 5.07. The van der Waals surface area contributed by atoms with Gasteiger partial charge in [-0.3, -0.25) is 0 Å². The fraction of sp³-hybridized carbons (Fsp3) is 0.400. The van der Waals surface area contributed by atoms with E-state index in [1.165, 1.54) is 12.8 Å². The molecule has 0 bridgehead atoms. The number of nitrogens with zero attached hydrogens (tertiary/aromatic N) is 2. The second-order valence-corrected chi connectivity index (χ2v) is 5.29. The number of rotatable bonds is 3. The summed E-state index contributed by atoms with van der Waals surface area (Å²) in [6.07, 6.45) is 4.77. The van der Waals surface area contributed by atoms with Crippen molar-refractivity contribution in [3.05, 3.63) is 30.1 Å². The van der Waals surface area contributed by atoms with E-state index in [4.69, 9.17) is 21.3 Å². The molecule has 1 aromatic heterocycles. The van der Waals surface area contributed by atoms with Crippen molar-refractivity contribution in [3.8, 4) is 17.0 Å². The molecule has 1 aliphatic carbocycles. The van der Waals surface area contributed by atoms with Crippen molar-refractivity contribution < 1.29 is 4.74 Å². The van der Waals surface area contributed by atoms with Gasteiger partial charge in [-0.15, -0.1) is 0 Å². The summed E-state index contributed by atoms with van der Waals surface area (Å²) in [4.78, 5) is 4.69. The van der Waals surface area contributed by atoms with Crippen LogP contribution in [0.25, 0.3) is 11.3 Å². The Labute approximate surface area is 118 Å². The van der Waals surface area contributed by atoms with Crippen LogP contribution < -0.4 is 16.3 Å². The van der Waals surface area contributed by atoms with Gasteiger partial charge in [0.15, 0.2) is 5.82 Å². The third kappa shape index (κ3) is 2.09. The summed E-state index contributed by atoms with van der Waals surface area (Å²) in [5.74, 6) is 8.72. The molecule has 2 aromatic rings. The molecule has 0 amide bonds. The molecule has 3 rings (SSSR count). The molecule has 5 heteroatoms. The predicted octanol–water partition coefficient (Wildman–Crippen LogP) is 2.51. The van der Waals surface area contributed by atoms with Gasteiger partial charge in [0, 0.05) is 11.5 Å². The molecule has 5 nitrogen and oxygen atoms in total. The summed E-state index contributed by atoms with van der Waals surface area (Å²) in [5.41, 5.74) is 7.81. The number of benzene rings is 1. The Morgan fingerprint density at radius 3 is 2.75 bits per heavy atom. The third-order valence-corrected chi connectivity index (χ3v) is 4.04. The number of ether oxygens (including phenoxy) is 1. The van der Waals surface area contributed by atoms with E-state index in [1.807, 2.05) is 24.3 Å². The number of aromatic nitrogens is 2. The summed E-state index contributed by atoms with van der Waals surface area (Å²) in [5, 5.41) is 0. The van der Waals surface area contributed by atoms with Crippen LogP contribution in [0.15, 0.2) is 24.3 Å². The molecule has 20 heavy (non-hydrogen) atoms. The van der Waals surface area contributed by atoms with E-state index in [2.05, 4.69) is 0 Å². The lowest BCUT2D eigenvalue weighted by molar-refractivity contribution is 0.415. The molecular weight excluding hydrogens is 252 g/mol. The Morgan fingerprint density at radius 1 is 1.30 bits per heavy atom. The zero-order valence-electron chi connectivity index (χ0n) is 11.7. The molecule has 0 spiro atoms. The van der Waals surface area contributed by atoms with E-state index in [1.54, 1.807) is 11.8 Å². The van der Waals surface area contributed by atoms with E-state index in [0.29, 0.717) is 11.7 Å². The smallest absolute Gasteiger partial charge is 0.150 e. The van der Waals surface area contributed by atoms with Gasteiger partial charge in [-0.25, -0.2) is 9.66 Å². The molecule has 0 aliphatic heterocycles. The van der Waals surface area contributed by atoms with E-state index in [-0.39, 0.29) is 0 Å². The van der Waals surface area contributed by atoms with E-state index < -0.39 is 0 Å². The van der Waals surface area contributed by atoms with Crippen molar-refractivity contribution in [2.75, 3.05) is 18.7 Å². The number of hydrogen-bond acceptors (Lipinski definition) is 4. The van der Waals surface area contributed by atoms with Crippen LogP contribution in [0, 0.1) is 0 Å². The fourth-order valence-electron chi connectivity index (χ4n) is 2.92. The Hall–Kier alpha value is -2.17. The van der Waals surface area contributed by atoms with Crippen molar-refractivity contribution in [1.82, 2.24) is 9.66 Å². The average molecular weight is 272 g/mol. The predicted molar refractivity (Wildman–Crippen MR) is 80.0 cm³/mol. The standard InChI is InChI=1S/C15H20N4O/c1-20-12-8-4-7-11(9-12)13-14(16)19(17)15(18-13)10-5-2-3-6-10/h4,7-10H,2-3,5-6,16-17H2,1H3. The summed E-state index contributed by atoms with van der Waals surface area (Å²) < 4.78 is 6.79. The molecule has 4 N–H and O–H groups in total. The highest BCUT2D eigenvalue weighted by molar-refractivity contribution is 5.72. The first-order valence-electron chi connectivity index (χ1n) is 6.98. The first kappa shape index (κ1) is 12.8. The summed E-state index contributed by atoms with van der Waals surface area (Å²) >= 11 is 0. The zero-order chi connectivity index (χ0) is 14.1. The molecule has 1 aliphatic rings. The Kier molecular flexibility index (Phi) is 3.26. The van der Waals surface area contributed by atoms with Crippen molar-refractivity contribution in [2.24, 2.45) is 0 Å². The number of methoxy groups -OCH3 is 1. The van der Waals surface area contributed by atoms with Gasteiger partial charge in [-0.05, 0) is 25.0 Å². The molecule has 1 aromatic carbocycles. The van der Waals surface area contributed by atoms with Gasteiger partial charge in [0.2, 0.25) is 0 Å². The monoisotopic (exact) mass is 272 g/mol. The third-order valence-electron chi connectivity index (χ3n) is 4.04. The summed E-state index contributed by atoms with van der Waals surface area (Å²) in [6.45, 7) is 0. The van der Waals surface area contributed by atoms with E-state index >= 15 is 0 Å². The van der Waals surface area contributed by atoms with Gasteiger partial charge in [-0.2, -0.15) is 0 Å². The maximum absolute atomic E-state index is 6.13. The number of hydrogen-bond donors (Lipinski definition) is 2. The summed E-state index contributed by atoms with van der Waals surface area (Å²) in [6, 6.07) is 7.73. The highest BCUT2D eigenvalue weighted by Gasteiger charge is 2.25. The lowest BCUT2D eigenvalue weighted by Crippen LogP contribution is -2.17. The van der Waals surface area contributed by atoms with Crippen molar-refractivity contribution in [2.45, 2.75) is 31.6 Å². The molecule has 0 unspecified atom stereocenters. The second-order valence-electron chi connectivity index (χ2n) is 5.29. The number of nitrogen functional groups attached to an aromatic ring is 2. The number of nitrogens with two attached hydrogens (primary N) is 2. The fourth-order valence-corrected chi connectivity index (χ4v) is 2.92. The zero-order valence-corrected chi connectivity index (χ0v) is 11.7. The van der Waals surface area contributed by atoms with Crippen LogP contribution >= 0.6 is 0 Å². The Bertz CT molecular complexity index is 614. The number of imidazole rings is 1. The maximum atomic E-state index is 6.13. The minimum Gasteiger partial charge on any atom is -0.497 e. The van der Waals surface area contributed by atoms with E-state index in [0.717, 1.165) is 35.7 Å². The van der Waals surface area contributed by atoms with E-state index in [9.17, 15) is 0 Å². The largest absolute Gasteiger partial charge is 0.497 e. The minimum atomic E-state index is 0.432. The van der Waals surface area contributed by atoms with Crippen LogP contribution in [0.4, 0.5) is 5.82 Å². The average Bonchev–Trinajstić information content (AvgIpc) is 3.09. The molecule has 1 heterocycles. The summed E-state index contributed by atoms with van der Waals surface area (Å²) in [7, 11) is 1.65. The van der Waals surface area contributed by atoms with Crippen LogP contribution in [-0.4, -0.2) is 16.8 Å². The molecule has 1 saturated carbocycles. The molecule has 0 radical (unpaired) electrons. The van der Waals surface area contributed by atoms with Crippen molar-refractivity contribution in [1.29, 1.82) is 0 Å². The van der Waals surface area contributed by atoms with Gasteiger partial charge in [0.25, 0.3) is 0 Å². The first-order valence-corrected chi connectivity index (χ1v) is 6.98. The minimum absolute atomic E-state index is 0.432. The number of anilines is 1. The van der Waals surface area contributed by atoms with Crippen LogP contribution in [0.5, 0.6) is 5.75 Å². The molecule has 0 saturated heterocycles. The van der Waals surface area contributed by atoms with Crippen LogP contribution in [0.3, 0.4) is 0 Å². The van der Waals surface area contributed by atoms with Gasteiger partial charge >= 0.3 is 0 Å². The van der Waals surface area contributed by atoms with Crippen LogP contribution in [0.2, 0.25) is 0 Å². The van der Waals surface area contributed by atoms with Gasteiger partial charge in [0.1, 0.15) is 17.3 Å². The Balaban J connectivity index is 2.03. The quantitative estimate of drug-likeness (QED) is 0.841.